The minimum Gasteiger partial charge on any atom is -0.383 e. The first-order valence-corrected chi connectivity index (χ1v) is 16.1. The molecule has 0 fully saturated rings. The maximum atomic E-state index is 13.6. The molecule has 0 aliphatic carbocycles. The van der Waals surface area contributed by atoms with E-state index in [1.807, 2.05) is 14.1 Å². The van der Waals surface area contributed by atoms with Crippen LogP contribution in [0.5, 0.6) is 0 Å². The molecular formula is C33H42FN9O3S. The van der Waals surface area contributed by atoms with Gasteiger partial charge in [-0.25, -0.2) is 14.4 Å². The van der Waals surface area contributed by atoms with Crippen LogP contribution in [-0.4, -0.2) is 69.8 Å². The molecule has 12 nitrogen and oxygen atoms in total. The van der Waals surface area contributed by atoms with Gasteiger partial charge >= 0.3 is 0 Å². The molecule has 0 radical (unpaired) electrons. The summed E-state index contributed by atoms with van der Waals surface area (Å²) < 4.78 is 16.8. The molecule has 4 rings (SSSR count). The van der Waals surface area contributed by atoms with Gasteiger partial charge in [0.1, 0.15) is 28.7 Å². The summed E-state index contributed by atoms with van der Waals surface area (Å²) in [6, 6.07) is 8.90. The molecular weight excluding hydrogens is 621 g/mol. The summed E-state index contributed by atoms with van der Waals surface area (Å²) in [7, 11) is 7.35. The monoisotopic (exact) mass is 663 g/mol. The molecule has 14 heteroatoms. The van der Waals surface area contributed by atoms with Crippen molar-refractivity contribution in [1.82, 2.24) is 24.3 Å². The van der Waals surface area contributed by atoms with E-state index < -0.39 is 17.6 Å². The van der Waals surface area contributed by atoms with Crippen molar-refractivity contribution in [2.45, 2.75) is 33.1 Å². The Morgan fingerprint density at radius 1 is 1.02 bits per heavy atom. The Labute approximate surface area is 277 Å². The Kier molecular flexibility index (Phi) is 11.7. The van der Waals surface area contributed by atoms with E-state index in [0.717, 1.165) is 24.3 Å². The number of amidine groups is 1. The molecule has 47 heavy (non-hydrogen) atoms. The predicted molar refractivity (Wildman–Crippen MR) is 184 cm³/mol. The van der Waals surface area contributed by atoms with E-state index in [1.54, 1.807) is 59.9 Å². The van der Waals surface area contributed by atoms with Gasteiger partial charge in [0.2, 0.25) is 0 Å². The molecule has 0 aliphatic heterocycles. The van der Waals surface area contributed by atoms with E-state index >= 15 is 0 Å². The number of carbonyl (C=O) groups excluding carboxylic acids is 3. The number of nitrogens with two attached hydrogens (primary N) is 1. The molecule has 0 aliphatic rings. The molecule has 1 aromatic carbocycles. The first kappa shape index (κ1) is 35.0. The summed E-state index contributed by atoms with van der Waals surface area (Å²) in [5, 5.41) is 8.91. The van der Waals surface area contributed by atoms with Crippen LogP contribution in [-0.2, 0) is 20.5 Å². The molecule has 3 amide bonds. The second-order valence-electron chi connectivity index (χ2n) is 12.0. The van der Waals surface area contributed by atoms with Gasteiger partial charge in [0.05, 0.1) is 11.4 Å². The Balaban J connectivity index is 1.44. The Morgan fingerprint density at radius 3 is 2.43 bits per heavy atom. The number of hydrogen-bond acceptors (Lipinski definition) is 7. The highest BCUT2D eigenvalue weighted by Gasteiger charge is 2.22. The van der Waals surface area contributed by atoms with Crippen LogP contribution in [0.3, 0.4) is 0 Å². The Morgan fingerprint density at radius 2 is 1.72 bits per heavy atom. The minimum absolute atomic E-state index is 0.112. The zero-order chi connectivity index (χ0) is 34.2. The number of nitrogens with zero attached hydrogens (tertiary/aromatic N) is 5. The fourth-order valence-electron chi connectivity index (χ4n) is 4.75. The maximum absolute atomic E-state index is 13.6. The number of nitrogens with one attached hydrogen (secondary N) is 3. The average Bonchev–Trinajstić information content (AvgIpc) is 3.69. The highest BCUT2D eigenvalue weighted by atomic mass is 32.1. The molecule has 3 heterocycles. The van der Waals surface area contributed by atoms with Gasteiger partial charge in [-0.15, -0.1) is 11.3 Å². The summed E-state index contributed by atoms with van der Waals surface area (Å²) in [5.74, 6) is -0.988. The highest BCUT2D eigenvalue weighted by molar-refractivity contribution is 7.16. The van der Waals surface area contributed by atoms with Crippen molar-refractivity contribution < 1.29 is 18.8 Å². The molecule has 0 spiro atoms. The van der Waals surface area contributed by atoms with E-state index in [9.17, 15) is 18.8 Å². The van der Waals surface area contributed by atoms with Crippen molar-refractivity contribution in [2.75, 3.05) is 37.8 Å². The van der Waals surface area contributed by atoms with E-state index in [4.69, 9.17) is 5.73 Å². The van der Waals surface area contributed by atoms with Crippen LogP contribution in [0.15, 0.2) is 53.8 Å². The quantitative estimate of drug-likeness (QED) is 0.0867. The zero-order valence-corrected chi connectivity index (χ0v) is 28.4. The molecule has 3 aromatic heterocycles. The van der Waals surface area contributed by atoms with Gasteiger partial charge in [-0.05, 0) is 70.1 Å². The second-order valence-corrected chi connectivity index (χ2v) is 13.1. The van der Waals surface area contributed by atoms with E-state index in [-0.39, 0.29) is 17.4 Å². The van der Waals surface area contributed by atoms with Crippen molar-refractivity contribution in [3.63, 3.8) is 0 Å². The maximum Gasteiger partial charge on any atom is 0.274 e. The lowest BCUT2D eigenvalue weighted by Crippen LogP contribution is -2.28. The number of anilines is 2. The molecule has 0 unspecified atom stereocenters. The fraction of sp³-hybridized carbons (Fsp3) is 0.364. The van der Waals surface area contributed by atoms with Crippen molar-refractivity contribution in [3.05, 3.63) is 82.1 Å². The van der Waals surface area contributed by atoms with Crippen LogP contribution in [0.4, 0.5) is 20.9 Å². The van der Waals surface area contributed by atoms with E-state index in [1.165, 1.54) is 23.5 Å². The largest absolute Gasteiger partial charge is 0.383 e. The first-order valence-electron chi connectivity index (χ1n) is 15.3. The van der Waals surface area contributed by atoms with Crippen LogP contribution in [0.2, 0.25) is 0 Å². The molecule has 5 N–H and O–H groups in total. The molecule has 250 valence electrons. The van der Waals surface area contributed by atoms with Crippen LogP contribution in [0.25, 0.3) is 0 Å². The third kappa shape index (κ3) is 9.59. The number of aliphatic imine (C=N–C) groups is 1. The number of aromatic nitrogens is 3. The van der Waals surface area contributed by atoms with Crippen LogP contribution < -0.4 is 21.7 Å². The third-order valence-electron chi connectivity index (χ3n) is 7.24. The lowest BCUT2D eigenvalue weighted by molar-refractivity contribution is 0.0944. The third-order valence-corrected chi connectivity index (χ3v) is 8.27. The topological polar surface area (TPSA) is 152 Å². The van der Waals surface area contributed by atoms with Gasteiger partial charge in [0, 0.05) is 43.5 Å². The number of amides is 3. The van der Waals surface area contributed by atoms with Crippen LogP contribution in [0.1, 0.15) is 68.6 Å². The van der Waals surface area contributed by atoms with Crippen molar-refractivity contribution in [2.24, 2.45) is 30.7 Å². The average molecular weight is 664 g/mol. The van der Waals surface area contributed by atoms with Crippen molar-refractivity contribution >= 4 is 51.4 Å². The van der Waals surface area contributed by atoms with E-state index in [0.29, 0.717) is 52.3 Å². The molecule has 0 saturated carbocycles. The number of carbonyl (C=O) groups is 3. The zero-order valence-electron chi connectivity index (χ0n) is 27.6. The standard InChI is InChI=1S/C33H42FN9O3S/c1-20(2)11-12-27-28(32(46)36-13-8-14-41(3)4)39-33(47-27)40-31(45)26-17-24(19-43(26)6)38-30(44)25-16-23(18-42(25)5)37-29(35)21-9-7-10-22(34)15-21/h7,9-10,15-20H,8,11-14H2,1-6H3,(H2,35,37)(H,36,46)(H,38,44)(H,39,40,45). The van der Waals surface area contributed by atoms with Gasteiger partial charge in [-0.3, -0.25) is 19.7 Å². The number of rotatable bonds is 14. The van der Waals surface area contributed by atoms with Crippen LogP contribution >= 0.6 is 11.3 Å². The lowest BCUT2D eigenvalue weighted by Gasteiger charge is -2.10. The van der Waals surface area contributed by atoms with Crippen molar-refractivity contribution in [3.8, 4) is 0 Å². The summed E-state index contributed by atoms with van der Waals surface area (Å²) in [6.07, 6.45) is 5.62. The fourth-order valence-corrected chi connectivity index (χ4v) is 5.72. The van der Waals surface area contributed by atoms with Gasteiger partial charge in [0.15, 0.2) is 5.13 Å². The van der Waals surface area contributed by atoms with Crippen LogP contribution in [0, 0.1) is 11.7 Å². The predicted octanol–water partition coefficient (Wildman–Crippen LogP) is 4.77. The minimum atomic E-state index is -0.432. The highest BCUT2D eigenvalue weighted by Crippen LogP contribution is 2.27. The Bertz CT molecular complexity index is 1770. The summed E-state index contributed by atoms with van der Waals surface area (Å²) in [6.45, 7) is 5.61. The van der Waals surface area contributed by atoms with E-state index in [2.05, 4.69) is 44.7 Å². The summed E-state index contributed by atoms with van der Waals surface area (Å²) >= 11 is 1.29. The number of aryl methyl sites for hydroxylation is 3. The Hall–Kier alpha value is -4.82. The smallest absolute Gasteiger partial charge is 0.274 e. The first-order chi connectivity index (χ1) is 22.3. The van der Waals surface area contributed by atoms with Crippen molar-refractivity contribution in [1.29, 1.82) is 0 Å². The number of thiazole rings is 1. The molecule has 0 saturated heterocycles. The molecule has 4 aromatic rings. The number of hydrogen-bond donors (Lipinski definition) is 4. The summed E-state index contributed by atoms with van der Waals surface area (Å²) in [5.41, 5.74) is 8.22. The van der Waals surface area contributed by atoms with Gasteiger partial charge in [-0.2, -0.15) is 0 Å². The molecule has 0 atom stereocenters. The summed E-state index contributed by atoms with van der Waals surface area (Å²) in [4.78, 5) is 51.1. The number of benzene rings is 1. The van der Waals surface area contributed by atoms with Gasteiger partial charge < -0.3 is 30.4 Å². The van der Waals surface area contributed by atoms with Gasteiger partial charge in [-0.1, -0.05) is 26.0 Å². The second kappa shape index (κ2) is 15.6. The molecule has 0 bridgehead atoms. The lowest BCUT2D eigenvalue weighted by atomic mass is 10.1. The SMILES string of the molecule is CC(C)CCc1sc(NC(=O)c2cc(NC(=O)c3cc(N=C(N)c4cccc(F)c4)cn3C)cn2C)nc1C(=O)NCCCN(C)C. The van der Waals surface area contributed by atoms with Gasteiger partial charge in [0.25, 0.3) is 17.7 Å². The normalized spacial score (nSPS) is 11.7. The number of halogens is 1.